The van der Waals surface area contributed by atoms with Gasteiger partial charge in [0.2, 0.25) is 11.8 Å². The van der Waals surface area contributed by atoms with Crippen LogP contribution in [-0.4, -0.2) is 69.5 Å². The smallest absolute Gasteiger partial charge is 0.240 e. The van der Waals surface area contributed by atoms with Crippen molar-refractivity contribution < 1.29 is 19.4 Å². The predicted molar refractivity (Wildman–Crippen MR) is 118 cm³/mol. The molecule has 0 saturated carbocycles. The minimum absolute atomic E-state index is 0.00191. The number of phenolic OH excluding ortho intramolecular Hbond substituents is 1. The first-order valence-corrected chi connectivity index (χ1v) is 11.1. The van der Waals surface area contributed by atoms with Gasteiger partial charge in [-0.25, -0.2) is 4.98 Å². The number of H-pyrrole nitrogens is 1. The number of aromatic amines is 1. The van der Waals surface area contributed by atoms with Crippen LogP contribution in [0, 0.1) is 11.8 Å². The average Bonchev–Trinajstić information content (AvgIpc) is 3.23. The van der Waals surface area contributed by atoms with Crippen LogP contribution in [-0.2, 0) is 22.6 Å². The minimum Gasteiger partial charge on any atom is -0.507 e. The Kier molecular flexibility index (Phi) is 6.64. The fourth-order valence-electron chi connectivity index (χ4n) is 5.01. The fourth-order valence-corrected chi connectivity index (χ4v) is 5.01. The Morgan fingerprint density at radius 2 is 2.16 bits per heavy atom. The van der Waals surface area contributed by atoms with Crippen LogP contribution < -0.4 is 10.5 Å². The molecule has 2 aliphatic rings. The Bertz CT molecular complexity index is 948. The minimum atomic E-state index is -0.671. The van der Waals surface area contributed by atoms with Crippen molar-refractivity contribution in [3.8, 4) is 11.5 Å². The molecule has 4 rings (SSSR count). The topological polar surface area (TPSA) is 125 Å². The van der Waals surface area contributed by atoms with E-state index in [0.29, 0.717) is 43.5 Å². The second kappa shape index (κ2) is 9.60. The summed E-state index contributed by atoms with van der Waals surface area (Å²) in [4.78, 5) is 36.2. The molecule has 0 unspecified atom stereocenters. The van der Waals surface area contributed by atoms with Gasteiger partial charge in [0.15, 0.2) is 0 Å². The number of aromatic hydroxyl groups is 1. The first kappa shape index (κ1) is 22.1. The zero-order chi connectivity index (χ0) is 22.7. The Balaban J connectivity index is 1.41. The van der Waals surface area contributed by atoms with Gasteiger partial charge in [-0.3, -0.25) is 14.5 Å². The highest BCUT2D eigenvalue weighted by atomic mass is 16.5. The molecule has 3 heterocycles. The number of hydrogen-bond acceptors (Lipinski definition) is 6. The first-order valence-electron chi connectivity index (χ1n) is 11.1. The summed E-state index contributed by atoms with van der Waals surface area (Å²) in [5, 5.41) is 10.3. The van der Waals surface area contributed by atoms with E-state index >= 15 is 0 Å². The summed E-state index contributed by atoms with van der Waals surface area (Å²) in [6, 6.07) is 4.71. The van der Waals surface area contributed by atoms with Gasteiger partial charge in [0.25, 0.3) is 0 Å². The molecule has 0 aliphatic carbocycles. The standard InChI is InChI=1S/C23H31N5O4/c1-32-19-3-2-17(21(29)10-19)13-27-6-4-15-8-22(30)28(7-5-16(15)12-27)20(23(24)31)9-18-11-25-14-26-18/h2-3,10-11,14-16,20,29H,4-9,12-13H2,1H3,(H2,24,31)(H,25,26)/t15-,16-,20-/m0/s1. The van der Waals surface area contributed by atoms with Crippen LogP contribution >= 0.6 is 0 Å². The highest BCUT2D eigenvalue weighted by molar-refractivity contribution is 5.87. The largest absolute Gasteiger partial charge is 0.507 e. The number of piperidine rings is 1. The molecular formula is C23H31N5O4. The van der Waals surface area contributed by atoms with E-state index in [1.165, 1.54) is 0 Å². The maximum Gasteiger partial charge on any atom is 0.240 e. The number of amides is 2. The van der Waals surface area contributed by atoms with E-state index in [-0.39, 0.29) is 11.7 Å². The highest BCUT2D eigenvalue weighted by Gasteiger charge is 2.38. The number of hydrogen-bond donors (Lipinski definition) is 3. The summed E-state index contributed by atoms with van der Waals surface area (Å²) < 4.78 is 5.17. The molecule has 4 N–H and O–H groups in total. The van der Waals surface area contributed by atoms with Crippen molar-refractivity contribution in [2.45, 2.75) is 38.3 Å². The monoisotopic (exact) mass is 441 g/mol. The number of carbonyl (C=O) groups excluding carboxylic acids is 2. The normalized spacial score (nSPS) is 22.8. The molecular weight excluding hydrogens is 410 g/mol. The van der Waals surface area contributed by atoms with Crippen LogP contribution in [0.5, 0.6) is 11.5 Å². The molecule has 32 heavy (non-hydrogen) atoms. The number of imidazole rings is 1. The SMILES string of the molecule is COc1ccc(CN2CC[C@H]3CC(=O)N([C@@H](Cc4cnc[nH]4)C(N)=O)CC[C@H]3C2)c(O)c1. The van der Waals surface area contributed by atoms with Gasteiger partial charge in [-0.1, -0.05) is 6.07 Å². The summed E-state index contributed by atoms with van der Waals surface area (Å²) in [5.41, 5.74) is 7.33. The van der Waals surface area contributed by atoms with E-state index in [2.05, 4.69) is 14.9 Å². The molecule has 2 saturated heterocycles. The number of nitrogens with zero attached hydrogens (tertiary/aromatic N) is 3. The van der Waals surface area contributed by atoms with Crippen LogP contribution in [0.4, 0.5) is 0 Å². The van der Waals surface area contributed by atoms with Gasteiger partial charge in [-0.2, -0.15) is 0 Å². The van der Waals surface area contributed by atoms with Crippen LogP contribution in [0.1, 0.15) is 30.5 Å². The quantitative estimate of drug-likeness (QED) is 0.595. The summed E-state index contributed by atoms with van der Waals surface area (Å²) in [6.45, 7) is 2.90. The zero-order valence-corrected chi connectivity index (χ0v) is 18.4. The Hall–Kier alpha value is -3.07. The molecule has 2 fully saturated rings. The molecule has 1 aromatic carbocycles. The maximum absolute atomic E-state index is 13.1. The highest BCUT2D eigenvalue weighted by Crippen LogP contribution is 2.34. The van der Waals surface area contributed by atoms with Crippen molar-refractivity contribution in [2.24, 2.45) is 17.6 Å². The Morgan fingerprint density at radius 1 is 1.34 bits per heavy atom. The number of benzene rings is 1. The molecule has 0 radical (unpaired) electrons. The number of phenols is 1. The Labute approximate surface area is 187 Å². The Morgan fingerprint density at radius 3 is 2.84 bits per heavy atom. The number of primary amides is 1. The van der Waals surface area contributed by atoms with Crippen molar-refractivity contribution >= 4 is 11.8 Å². The van der Waals surface area contributed by atoms with E-state index < -0.39 is 11.9 Å². The second-order valence-electron chi connectivity index (χ2n) is 8.82. The molecule has 0 bridgehead atoms. The molecule has 0 spiro atoms. The van der Waals surface area contributed by atoms with Gasteiger partial charge in [0.1, 0.15) is 17.5 Å². The fraction of sp³-hybridized carbons (Fsp3) is 0.522. The predicted octanol–water partition coefficient (Wildman–Crippen LogP) is 1.28. The number of carbonyl (C=O) groups is 2. The number of aromatic nitrogens is 2. The van der Waals surface area contributed by atoms with E-state index in [9.17, 15) is 14.7 Å². The molecule has 2 amide bonds. The van der Waals surface area contributed by atoms with E-state index in [1.54, 1.807) is 30.6 Å². The number of rotatable bonds is 7. The van der Waals surface area contributed by atoms with Crippen molar-refractivity contribution in [3.63, 3.8) is 0 Å². The lowest BCUT2D eigenvalue weighted by molar-refractivity contribution is -0.139. The summed E-state index contributed by atoms with van der Waals surface area (Å²) in [6.07, 6.45) is 5.75. The van der Waals surface area contributed by atoms with Crippen molar-refractivity contribution in [1.82, 2.24) is 19.8 Å². The third kappa shape index (κ3) is 4.88. The lowest BCUT2D eigenvalue weighted by atomic mass is 9.82. The third-order valence-corrected chi connectivity index (χ3v) is 6.83. The number of nitrogens with two attached hydrogens (primary N) is 1. The van der Waals surface area contributed by atoms with Crippen LogP contribution in [0.25, 0.3) is 0 Å². The van der Waals surface area contributed by atoms with E-state index in [1.807, 2.05) is 12.1 Å². The van der Waals surface area contributed by atoms with E-state index in [0.717, 1.165) is 37.2 Å². The molecule has 1 aromatic heterocycles. The lowest BCUT2D eigenvalue weighted by Crippen LogP contribution is -2.49. The van der Waals surface area contributed by atoms with Gasteiger partial charge in [0.05, 0.1) is 13.4 Å². The molecule has 3 atom stereocenters. The number of nitrogens with one attached hydrogen (secondary N) is 1. The summed E-state index contributed by atoms with van der Waals surface area (Å²) in [5.74, 6) is 1.03. The van der Waals surface area contributed by atoms with Crippen molar-refractivity contribution in [3.05, 3.63) is 42.0 Å². The number of likely N-dealkylation sites (tertiary alicyclic amines) is 2. The summed E-state index contributed by atoms with van der Waals surface area (Å²) in [7, 11) is 1.58. The molecule has 9 heteroatoms. The van der Waals surface area contributed by atoms with Crippen molar-refractivity contribution in [2.75, 3.05) is 26.7 Å². The van der Waals surface area contributed by atoms with Crippen LogP contribution in [0.15, 0.2) is 30.7 Å². The lowest BCUT2D eigenvalue weighted by Gasteiger charge is -2.37. The van der Waals surface area contributed by atoms with Gasteiger partial charge in [-0.15, -0.1) is 0 Å². The average molecular weight is 442 g/mol. The van der Waals surface area contributed by atoms with E-state index in [4.69, 9.17) is 10.5 Å². The number of methoxy groups -OCH3 is 1. The van der Waals surface area contributed by atoms with Gasteiger partial charge < -0.3 is 25.5 Å². The molecule has 2 aliphatic heterocycles. The zero-order valence-electron chi connectivity index (χ0n) is 18.4. The molecule has 172 valence electrons. The van der Waals surface area contributed by atoms with Gasteiger partial charge in [-0.05, 0) is 37.3 Å². The van der Waals surface area contributed by atoms with Gasteiger partial charge in [0, 0.05) is 56.0 Å². The second-order valence-corrected chi connectivity index (χ2v) is 8.82. The van der Waals surface area contributed by atoms with Crippen molar-refractivity contribution in [1.29, 1.82) is 0 Å². The number of fused-ring (bicyclic) bond motifs is 1. The third-order valence-electron chi connectivity index (χ3n) is 6.83. The first-order chi connectivity index (χ1) is 15.4. The summed E-state index contributed by atoms with van der Waals surface area (Å²) >= 11 is 0. The van der Waals surface area contributed by atoms with Gasteiger partial charge >= 0.3 is 0 Å². The van der Waals surface area contributed by atoms with Crippen LogP contribution in [0.3, 0.4) is 0 Å². The van der Waals surface area contributed by atoms with Crippen LogP contribution in [0.2, 0.25) is 0 Å². The maximum atomic E-state index is 13.1. The molecule has 2 aromatic rings. The molecule has 9 nitrogen and oxygen atoms in total. The number of ether oxygens (including phenoxy) is 1.